The number of aryl methyl sites for hydroxylation is 4. The van der Waals surface area contributed by atoms with Crippen molar-refractivity contribution in [1.29, 1.82) is 0 Å². The normalized spacial score (nSPS) is 17.5. The van der Waals surface area contributed by atoms with Crippen molar-refractivity contribution in [2.75, 3.05) is 34.3 Å². The number of carbonyl (C=O) groups is 7. The quantitative estimate of drug-likeness (QED) is 0.0503. The second-order valence-corrected chi connectivity index (χ2v) is 22.4. The van der Waals surface area contributed by atoms with Crippen LogP contribution in [0, 0.1) is 0 Å². The molecule has 4 N–H and O–H groups in total. The highest BCUT2D eigenvalue weighted by Crippen LogP contribution is 2.31. The maximum absolute atomic E-state index is 13.2. The number of anilines is 3. The first-order valence-corrected chi connectivity index (χ1v) is 29.2. The van der Waals surface area contributed by atoms with E-state index in [9.17, 15) is 38.7 Å². The number of ketones is 4. The Morgan fingerprint density at radius 2 is 0.802 bits per heavy atom. The molecule has 0 saturated carbocycles. The molecule has 0 aliphatic carbocycles. The van der Waals surface area contributed by atoms with E-state index < -0.39 is 12.1 Å². The van der Waals surface area contributed by atoms with Crippen LogP contribution in [0.5, 0.6) is 0 Å². The van der Waals surface area contributed by atoms with Crippen LogP contribution in [0.15, 0.2) is 164 Å². The predicted molar refractivity (Wildman–Crippen MR) is 360 cm³/mol. The summed E-state index contributed by atoms with van der Waals surface area (Å²) in [4.78, 5) is 92.1. The van der Waals surface area contributed by atoms with Gasteiger partial charge in [-0.15, -0.1) is 0 Å². The van der Waals surface area contributed by atoms with E-state index in [1.807, 2.05) is 135 Å². The summed E-state index contributed by atoms with van der Waals surface area (Å²) in [5.41, 5.74) is 8.64. The summed E-state index contributed by atoms with van der Waals surface area (Å²) in [6.45, 7) is 10.8. The molecule has 3 aliphatic heterocycles. The molecule has 3 heterocycles. The first-order chi connectivity index (χ1) is 39.9. The van der Waals surface area contributed by atoms with E-state index in [1.165, 1.54) is 26.3 Å². The Hall–Kier alpha value is -6.70. The number of carbonyl (C=O) groups excluding carboxylic acids is 7. The Morgan fingerprint density at radius 1 is 0.465 bits per heavy atom. The lowest BCUT2D eigenvalue weighted by Crippen LogP contribution is -2.50. The molecule has 0 radical (unpaired) electrons. The summed E-state index contributed by atoms with van der Waals surface area (Å²) in [5, 5.41) is 20.7. The van der Waals surface area contributed by atoms with Gasteiger partial charge in [-0.2, -0.15) is 40.5 Å². The maximum atomic E-state index is 13.2. The number of nitrogens with one attached hydrogen (secondary N) is 3. The topological polar surface area (TPSA) is 186 Å². The van der Waals surface area contributed by atoms with E-state index in [0.717, 1.165) is 77.8 Å². The number of fused-ring (bicyclic) bond motifs is 3. The van der Waals surface area contributed by atoms with Gasteiger partial charge in [-0.3, -0.25) is 33.6 Å². The SMILES string of the molecule is CC(=O)CN1C(=O)[C@@H](NC(C)CC(=O)c2ccccc2)CCc2ccccc21.CC(=O)CN1C(=O)[C@@H](NC(C)CC(O)c2ccccc2)CCc2ccccc21.CC(=O)CN1C(=O)[C@@H](NC(C)CCc2ccccc2)CCc2ccccc21.S.S.S. The standard InChI is InChI=1S/C23H28N2O3.C23H26N2O3.C23H28N2O2.3H2S/c2*1-16(14-22(27)19-9-4-3-5-10-19)24-20-13-12-18-8-6-7-11-21(18)25(23(20)28)15-17(2)26;1-17(12-13-19-8-4-3-5-9-19)24-21-15-14-20-10-6-7-11-22(20)25(23(21)27)16-18(2)26;;;/h3-11,16,20,22,24,27H,12-15H2,1-2H3;3-11,16,20,24H,12-15H2,1-2H3;3-11,17,21,24H,12-16H2,1-2H3;3*1H2/t16?,20-,22?;16?,20-;17?,21-;;;/m000.../s1. The molecule has 4 unspecified atom stereocenters. The molecule has 86 heavy (non-hydrogen) atoms. The number of hydrogen-bond donors (Lipinski definition) is 4. The van der Waals surface area contributed by atoms with Crippen LogP contribution in [0.3, 0.4) is 0 Å². The number of amides is 3. The Bertz CT molecular complexity index is 3160. The van der Waals surface area contributed by atoms with Crippen LogP contribution in [0.4, 0.5) is 17.1 Å². The molecule has 6 aromatic rings. The van der Waals surface area contributed by atoms with Gasteiger partial charge in [0.05, 0.1) is 43.9 Å². The molecule has 0 aromatic heterocycles. The van der Waals surface area contributed by atoms with Crippen molar-refractivity contribution in [2.24, 2.45) is 0 Å². The van der Waals surface area contributed by atoms with Crippen molar-refractivity contribution in [3.05, 3.63) is 197 Å². The molecule has 14 nitrogen and oxygen atoms in total. The lowest BCUT2D eigenvalue weighted by atomic mass is 10.0. The zero-order chi connectivity index (χ0) is 59.4. The second-order valence-electron chi connectivity index (χ2n) is 22.4. The minimum Gasteiger partial charge on any atom is -0.388 e. The molecule has 0 bridgehead atoms. The van der Waals surface area contributed by atoms with E-state index in [0.29, 0.717) is 31.2 Å². The molecule has 3 aliphatic rings. The second kappa shape index (κ2) is 35.8. The van der Waals surface area contributed by atoms with Crippen LogP contribution in [0.1, 0.15) is 124 Å². The summed E-state index contributed by atoms with van der Waals surface area (Å²) < 4.78 is 0. The Labute approximate surface area is 529 Å². The van der Waals surface area contributed by atoms with E-state index in [4.69, 9.17) is 0 Å². The van der Waals surface area contributed by atoms with E-state index in [1.54, 1.807) is 26.8 Å². The number of nitrogens with zero attached hydrogens (tertiary/aromatic N) is 3. The number of rotatable bonds is 21. The lowest BCUT2D eigenvalue weighted by molar-refractivity contribution is -0.123. The number of Topliss-reactive ketones (excluding diaryl/α,β-unsaturated/α-hetero) is 4. The molecule has 17 heteroatoms. The average Bonchev–Trinajstić information content (AvgIpc) is 2.56. The third-order valence-corrected chi connectivity index (χ3v) is 15.3. The smallest absolute Gasteiger partial charge is 0.244 e. The fraction of sp³-hybridized carbons (Fsp3) is 0.377. The van der Waals surface area contributed by atoms with Gasteiger partial charge in [0.25, 0.3) is 0 Å². The molecule has 0 spiro atoms. The largest absolute Gasteiger partial charge is 0.388 e. The van der Waals surface area contributed by atoms with Crippen molar-refractivity contribution < 1.29 is 38.7 Å². The summed E-state index contributed by atoms with van der Waals surface area (Å²) in [6, 6.07) is 51.5. The van der Waals surface area contributed by atoms with Gasteiger partial charge < -0.3 is 35.8 Å². The molecule has 0 saturated heterocycles. The van der Waals surface area contributed by atoms with Crippen LogP contribution in [0.25, 0.3) is 0 Å². The fourth-order valence-corrected chi connectivity index (χ4v) is 11.2. The number of benzene rings is 6. The molecule has 3 amide bonds. The van der Waals surface area contributed by atoms with Gasteiger partial charge in [0.15, 0.2) is 5.78 Å². The summed E-state index contributed by atoms with van der Waals surface area (Å²) in [6.07, 6.45) is 6.57. The Balaban J connectivity index is 0.000000272. The van der Waals surface area contributed by atoms with Crippen LogP contribution >= 0.6 is 40.5 Å². The highest BCUT2D eigenvalue weighted by molar-refractivity contribution is 7.59. The number of aliphatic hydroxyl groups excluding tert-OH is 1. The number of aliphatic hydroxyl groups is 1. The summed E-state index contributed by atoms with van der Waals surface area (Å²) >= 11 is 0. The molecule has 0 fully saturated rings. The van der Waals surface area contributed by atoms with Crippen LogP contribution < -0.4 is 30.7 Å². The minimum absolute atomic E-state index is 0. The maximum Gasteiger partial charge on any atom is 0.244 e. The highest BCUT2D eigenvalue weighted by Gasteiger charge is 2.35. The zero-order valence-corrected chi connectivity index (χ0v) is 53.5. The summed E-state index contributed by atoms with van der Waals surface area (Å²) in [7, 11) is 0. The molecule has 9 rings (SSSR count). The Kier molecular flexibility index (Phi) is 29.9. The molecule has 7 atom stereocenters. The van der Waals surface area contributed by atoms with Crippen molar-refractivity contribution in [2.45, 2.75) is 148 Å². The first kappa shape index (κ1) is 71.8. The number of para-hydroxylation sites is 3. The lowest BCUT2D eigenvalue weighted by Gasteiger charge is -2.28. The van der Waals surface area contributed by atoms with E-state index >= 15 is 0 Å². The van der Waals surface area contributed by atoms with Gasteiger partial charge in [0.2, 0.25) is 17.7 Å². The molecular formula is C69H88N6O8S3. The van der Waals surface area contributed by atoms with Crippen molar-refractivity contribution >= 4 is 98.4 Å². The van der Waals surface area contributed by atoms with E-state index in [2.05, 4.69) is 53.2 Å². The van der Waals surface area contributed by atoms with Crippen molar-refractivity contribution in [3.63, 3.8) is 0 Å². The average molecular weight is 1230 g/mol. The van der Waals surface area contributed by atoms with Gasteiger partial charge in [-0.1, -0.05) is 146 Å². The third-order valence-electron chi connectivity index (χ3n) is 15.3. The summed E-state index contributed by atoms with van der Waals surface area (Å²) in [5.74, 6) is -0.254. The Morgan fingerprint density at radius 3 is 1.20 bits per heavy atom. The predicted octanol–water partition coefficient (Wildman–Crippen LogP) is 10.1. The third kappa shape index (κ3) is 21.0. The highest BCUT2D eigenvalue weighted by atomic mass is 32.1. The van der Waals surface area contributed by atoms with Gasteiger partial charge in [-0.05, 0) is 145 Å². The van der Waals surface area contributed by atoms with Gasteiger partial charge in [0, 0.05) is 47.2 Å². The number of hydrogen-bond acceptors (Lipinski definition) is 11. The molecule has 6 aromatic carbocycles. The van der Waals surface area contributed by atoms with Gasteiger partial charge in [-0.25, -0.2) is 0 Å². The van der Waals surface area contributed by atoms with E-state index in [-0.39, 0.29) is 131 Å². The minimum atomic E-state index is -0.588. The first-order valence-electron chi connectivity index (χ1n) is 29.2. The van der Waals surface area contributed by atoms with Crippen molar-refractivity contribution in [3.8, 4) is 0 Å². The zero-order valence-electron chi connectivity index (χ0n) is 50.5. The van der Waals surface area contributed by atoms with Crippen LogP contribution in [-0.4, -0.2) is 102 Å². The van der Waals surface area contributed by atoms with Crippen LogP contribution in [-0.2, 0) is 54.5 Å². The van der Waals surface area contributed by atoms with Gasteiger partial charge >= 0.3 is 0 Å². The molecule has 460 valence electrons. The van der Waals surface area contributed by atoms with Crippen LogP contribution in [0.2, 0.25) is 0 Å². The molecular weight excluding hydrogens is 1140 g/mol. The fourth-order valence-electron chi connectivity index (χ4n) is 11.2. The monoisotopic (exact) mass is 1220 g/mol. The van der Waals surface area contributed by atoms with Crippen molar-refractivity contribution in [1.82, 2.24) is 16.0 Å². The van der Waals surface area contributed by atoms with Gasteiger partial charge in [0.1, 0.15) is 17.3 Å².